The maximum absolute atomic E-state index is 4.24. The lowest BCUT2D eigenvalue weighted by atomic mass is 10.3. The molecule has 0 N–H and O–H groups in total. The maximum atomic E-state index is 4.24. The highest BCUT2D eigenvalue weighted by Gasteiger charge is 1.98. The third-order valence-electron chi connectivity index (χ3n) is 1.64. The van der Waals surface area contributed by atoms with E-state index in [1.807, 2.05) is 18.5 Å². The van der Waals surface area contributed by atoms with Crippen molar-refractivity contribution in [3.8, 4) is 0 Å². The third-order valence-corrected chi connectivity index (χ3v) is 1.64. The van der Waals surface area contributed by atoms with Crippen molar-refractivity contribution < 1.29 is 0 Å². The minimum absolute atomic E-state index is 0.828. The average molecular weight is 165 g/mol. The third kappa shape index (κ3) is 2.19. The summed E-state index contributed by atoms with van der Waals surface area (Å²) in [6, 6.07) is 0. The standard InChI is InChI=1S/C9H15N3/c1-7(2)5-6-12-9(4)10-8(3)11-12/h5H,6H2,1-4H3. The normalized spacial score (nSPS) is 10.0. The zero-order valence-electron chi connectivity index (χ0n) is 8.13. The number of aryl methyl sites for hydroxylation is 2. The molecule has 0 saturated heterocycles. The van der Waals surface area contributed by atoms with Crippen molar-refractivity contribution in [1.82, 2.24) is 14.8 Å². The molecule has 0 amide bonds. The fourth-order valence-electron chi connectivity index (χ4n) is 1.00. The van der Waals surface area contributed by atoms with Crippen LogP contribution in [0, 0.1) is 13.8 Å². The number of hydrogen-bond acceptors (Lipinski definition) is 2. The molecule has 0 aliphatic rings. The molecule has 0 spiro atoms. The quantitative estimate of drug-likeness (QED) is 0.626. The highest BCUT2D eigenvalue weighted by atomic mass is 15.3. The Kier molecular flexibility index (Phi) is 2.63. The van der Waals surface area contributed by atoms with E-state index < -0.39 is 0 Å². The molecule has 0 radical (unpaired) electrons. The molecule has 0 unspecified atom stereocenters. The van der Waals surface area contributed by atoms with Crippen LogP contribution in [-0.2, 0) is 6.54 Å². The van der Waals surface area contributed by atoms with E-state index in [1.165, 1.54) is 5.57 Å². The van der Waals surface area contributed by atoms with E-state index in [-0.39, 0.29) is 0 Å². The number of hydrogen-bond donors (Lipinski definition) is 0. The zero-order valence-corrected chi connectivity index (χ0v) is 8.13. The summed E-state index contributed by atoms with van der Waals surface area (Å²) in [6.07, 6.45) is 2.14. The topological polar surface area (TPSA) is 30.7 Å². The van der Waals surface area contributed by atoms with Crippen LogP contribution in [0.3, 0.4) is 0 Å². The molecule has 66 valence electrons. The summed E-state index contributed by atoms with van der Waals surface area (Å²) >= 11 is 0. The largest absolute Gasteiger partial charge is 0.246 e. The van der Waals surface area contributed by atoms with Crippen LogP contribution in [0.5, 0.6) is 0 Å². The Balaban J connectivity index is 2.75. The Morgan fingerprint density at radius 1 is 1.42 bits per heavy atom. The summed E-state index contributed by atoms with van der Waals surface area (Å²) in [6.45, 7) is 8.87. The molecule has 1 heterocycles. The number of aromatic nitrogens is 3. The van der Waals surface area contributed by atoms with Gasteiger partial charge in [-0.3, -0.25) is 0 Å². The number of allylic oxidation sites excluding steroid dienone is 2. The molecule has 3 heteroatoms. The van der Waals surface area contributed by atoms with Gasteiger partial charge < -0.3 is 0 Å². The SMILES string of the molecule is CC(C)=CCn1nc(C)nc1C. The van der Waals surface area contributed by atoms with Gasteiger partial charge in [-0.05, 0) is 27.7 Å². The second-order valence-corrected chi connectivity index (χ2v) is 3.17. The maximum Gasteiger partial charge on any atom is 0.147 e. The van der Waals surface area contributed by atoms with E-state index in [1.54, 1.807) is 0 Å². The van der Waals surface area contributed by atoms with Crippen molar-refractivity contribution in [3.05, 3.63) is 23.3 Å². The van der Waals surface area contributed by atoms with E-state index >= 15 is 0 Å². The van der Waals surface area contributed by atoms with Crippen LogP contribution in [0.2, 0.25) is 0 Å². The molecule has 0 saturated carbocycles. The summed E-state index contributed by atoms with van der Waals surface area (Å²) in [5, 5.41) is 4.24. The van der Waals surface area contributed by atoms with Crippen molar-refractivity contribution in [1.29, 1.82) is 0 Å². The molecular formula is C9H15N3. The molecule has 0 atom stereocenters. The lowest BCUT2D eigenvalue weighted by molar-refractivity contribution is 0.667. The monoisotopic (exact) mass is 165 g/mol. The van der Waals surface area contributed by atoms with Crippen LogP contribution in [0.4, 0.5) is 0 Å². The first-order valence-corrected chi connectivity index (χ1v) is 4.11. The molecule has 1 aromatic rings. The van der Waals surface area contributed by atoms with Gasteiger partial charge in [0.25, 0.3) is 0 Å². The van der Waals surface area contributed by atoms with Gasteiger partial charge >= 0.3 is 0 Å². The van der Waals surface area contributed by atoms with E-state index in [0.29, 0.717) is 0 Å². The molecular weight excluding hydrogens is 150 g/mol. The molecule has 1 aromatic heterocycles. The van der Waals surface area contributed by atoms with Gasteiger partial charge in [-0.1, -0.05) is 11.6 Å². The van der Waals surface area contributed by atoms with E-state index in [0.717, 1.165) is 18.2 Å². The summed E-state index contributed by atoms with van der Waals surface area (Å²) in [4.78, 5) is 4.21. The fourth-order valence-corrected chi connectivity index (χ4v) is 1.00. The van der Waals surface area contributed by atoms with Crippen LogP contribution < -0.4 is 0 Å². The van der Waals surface area contributed by atoms with Crippen LogP contribution >= 0.6 is 0 Å². The summed E-state index contributed by atoms with van der Waals surface area (Å²) in [5.74, 6) is 1.82. The Morgan fingerprint density at radius 2 is 2.08 bits per heavy atom. The highest BCUT2D eigenvalue weighted by Crippen LogP contribution is 1.97. The number of rotatable bonds is 2. The second-order valence-electron chi connectivity index (χ2n) is 3.17. The van der Waals surface area contributed by atoms with Crippen LogP contribution in [0.15, 0.2) is 11.6 Å². The molecule has 0 aromatic carbocycles. The summed E-state index contributed by atoms with van der Waals surface area (Å²) in [7, 11) is 0. The first-order chi connectivity index (χ1) is 5.59. The van der Waals surface area contributed by atoms with Gasteiger partial charge in [-0.15, -0.1) is 0 Å². The fraction of sp³-hybridized carbons (Fsp3) is 0.556. The van der Waals surface area contributed by atoms with E-state index in [9.17, 15) is 0 Å². The van der Waals surface area contributed by atoms with Crippen LogP contribution in [-0.4, -0.2) is 14.8 Å². The smallest absolute Gasteiger partial charge is 0.147 e. The van der Waals surface area contributed by atoms with Gasteiger partial charge in [-0.2, -0.15) is 5.10 Å². The molecule has 3 nitrogen and oxygen atoms in total. The first-order valence-electron chi connectivity index (χ1n) is 4.11. The van der Waals surface area contributed by atoms with Crippen LogP contribution in [0.25, 0.3) is 0 Å². The van der Waals surface area contributed by atoms with Gasteiger partial charge in [0.15, 0.2) is 0 Å². The van der Waals surface area contributed by atoms with E-state index in [4.69, 9.17) is 0 Å². The molecule has 0 aliphatic carbocycles. The lowest BCUT2D eigenvalue weighted by Crippen LogP contribution is -2.00. The van der Waals surface area contributed by atoms with Gasteiger partial charge in [0, 0.05) is 0 Å². The highest BCUT2D eigenvalue weighted by molar-refractivity contribution is 4.96. The summed E-state index contributed by atoms with van der Waals surface area (Å²) < 4.78 is 1.91. The molecule has 0 aliphatic heterocycles. The Hall–Kier alpha value is -1.12. The Morgan fingerprint density at radius 3 is 2.50 bits per heavy atom. The van der Waals surface area contributed by atoms with E-state index in [2.05, 4.69) is 30.0 Å². The predicted octanol–water partition coefficient (Wildman–Crippen LogP) is 1.86. The minimum Gasteiger partial charge on any atom is -0.246 e. The predicted molar refractivity (Wildman–Crippen MR) is 48.9 cm³/mol. The molecule has 0 fully saturated rings. The molecule has 0 bridgehead atoms. The van der Waals surface area contributed by atoms with Crippen molar-refractivity contribution in [2.24, 2.45) is 0 Å². The second kappa shape index (κ2) is 3.52. The van der Waals surface area contributed by atoms with Gasteiger partial charge in [-0.25, -0.2) is 9.67 Å². The van der Waals surface area contributed by atoms with Crippen molar-refractivity contribution >= 4 is 0 Å². The van der Waals surface area contributed by atoms with Crippen molar-refractivity contribution in [3.63, 3.8) is 0 Å². The van der Waals surface area contributed by atoms with Crippen molar-refractivity contribution in [2.45, 2.75) is 34.2 Å². The van der Waals surface area contributed by atoms with Crippen LogP contribution in [0.1, 0.15) is 25.5 Å². The zero-order chi connectivity index (χ0) is 9.14. The summed E-state index contributed by atoms with van der Waals surface area (Å²) in [5.41, 5.74) is 1.31. The van der Waals surface area contributed by atoms with Gasteiger partial charge in [0.1, 0.15) is 11.6 Å². The number of nitrogens with zero attached hydrogens (tertiary/aromatic N) is 3. The minimum atomic E-state index is 0.828. The lowest BCUT2D eigenvalue weighted by Gasteiger charge is -1.97. The Labute approximate surface area is 73.1 Å². The van der Waals surface area contributed by atoms with Gasteiger partial charge in [0.2, 0.25) is 0 Å². The molecule has 1 rings (SSSR count). The van der Waals surface area contributed by atoms with Crippen molar-refractivity contribution in [2.75, 3.05) is 0 Å². The average Bonchev–Trinajstić information content (AvgIpc) is 2.26. The Bertz CT molecular complexity index is 293. The molecule has 12 heavy (non-hydrogen) atoms. The van der Waals surface area contributed by atoms with Gasteiger partial charge in [0.05, 0.1) is 6.54 Å². The first kappa shape index (κ1) is 8.97.